The van der Waals surface area contributed by atoms with Gasteiger partial charge in [-0.1, -0.05) is 18.8 Å². The molecular weight excluding hydrogens is 278 g/mol. The molecule has 0 unspecified atom stereocenters. The summed E-state index contributed by atoms with van der Waals surface area (Å²) in [7, 11) is 0. The zero-order valence-electron chi connectivity index (χ0n) is 11.7. The molecule has 0 atom stereocenters. The van der Waals surface area contributed by atoms with E-state index in [2.05, 4.69) is 17.2 Å². The number of hydrogen-bond acceptors (Lipinski definition) is 3. The Kier molecular flexibility index (Phi) is 7.38. The maximum Gasteiger partial charge on any atom is 0.412 e. The van der Waals surface area contributed by atoms with Gasteiger partial charge in [0.2, 0.25) is 0 Å². The molecule has 1 rings (SSSR count). The first-order valence-electron chi connectivity index (χ1n) is 6.42. The van der Waals surface area contributed by atoms with Gasteiger partial charge >= 0.3 is 6.09 Å². The van der Waals surface area contributed by atoms with Crippen LogP contribution in [0.5, 0.6) is 5.75 Å². The Hall–Kier alpha value is -1.86. The van der Waals surface area contributed by atoms with Crippen molar-refractivity contribution in [3.63, 3.8) is 0 Å². The van der Waals surface area contributed by atoms with Gasteiger partial charge in [-0.2, -0.15) is 0 Å². The number of anilines is 1. The van der Waals surface area contributed by atoms with Gasteiger partial charge in [0.25, 0.3) is 0 Å². The van der Waals surface area contributed by atoms with Crippen molar-refractivity contribution in [2.45, 2.75) is 20.3 Å². The van der Waals surface area contributed by atoms with Crippen molar-refractivity contribution >= 4 is 23.4 Å². The summed E-state index contributed by atoms with van der Waals surface area (Å²) >= 11 is 5.38. The highest BCUT2D eigenvalue weighted by Crippen LogP contribution is 2.23. The lowest BCUT2D eigenvalue weighted by Crippen LogP contribution is -2.14. The van der Waals surface area contributed by atoms with Crippen molar-refractivity contribution in [2.24, 2.45) is 0 Å². The fourth-order valence-electron chi connectivity index (χ4n) is 1.58. The minimum atomic E-state index is -0.542. The Balaban J connectivity index is 2.61. The summed E-state index contributed by atoms with van der Waals surface area (Å²) in [5, 5.41) is 2.65. The summed E-state index contributed by atoms with van der Waals surface area (Å²) in [4.78, 5) is 11.5. The third-order valence-electron chi connectivity index (χ3n) is 2.45. The minimum Gasteiger partial charge on any atom is -0.494 e. The molecule has 1 amide bonds. The van der Waals surface area contributed by atoms with Crippen LogP contribution < -0.4 is 10.1 Å². The Labute approximate surface area is 124 Å². The van der Waals surface area contributed by atoms with E-state index in [1.54, 1.807) is 6.07 Å². The van der Waals surface area contributed by atoms with Crippen LogP contribution in [0.15, 0.2) is 18.2 Å². The van der Waals surface area contributed by atoms with E-state index >= 15 is 0 Å². The monoisotopic (exact) mass is 295 g/mol. The van der Waals surface area contributed by atoms with Gasteiger partial charge < -0.3 is 9.47 Å². The first-order chi connectivity index (χ1) is 9.71. The van der Waals surface area contributed by atoms with E-state index in [4.69, 9.17) is 21.1 Å². The van der Waals surface area contributed by atoms with Crippen LogP contribution in [-0.4, -0.2) is 25.2 Å². The summed E-state index contributed by atoms with van der Waals surface area (Å²) in [5.41, 5.74) is 1.70. The smallest absolute Gasteiger partial charge is 0.412 e. The van der Waals surface area contributed by atoms with Gasteiger partial charge in [0, 0.05) is 5.69 Å². The number of benzene rings is 1. The van der Waals surface area contributed by atoms with Crippen LogP contribution in [0.2, 0.25) is 0 Å². The van der Waals surface area contributed by atoms with Gasteiger partial charge in [-0.3, -0.25) is 5.32 Å². The predicted octanol–water partition coefficient (Wildman–Crippen LogP) is 3.44. The van der Waals surface area contributed by atoms with Gasteiger partial charge in [-0.15, -0.1) is 11.6 Å². The van der Waals surface area contributed by atoms with Gasteiger partial charge in [0.1, 0.15) is 5.75 Å². The molecule has 20 heavy (non-hydrogen) atoms. The number of ether oxygens (including phenoxy) is 2. The number of hydrogen-bond donors (Lipinski definition) is 1. The molecule has 108 valence electrons. The van der Waals surface area contributed by atoms with Crippen LogP contribution in [0.3, 0.4) is 0 Å². The second-order valence-corrected chi connectivity index (χ2v) is 4.06. The van der Waals surface area contributed by atoms with E-state index in [9.17, 15) is 4.79 Å². The number of carbonyl (C=O) groups excluding carboxylic acids is 1. The van der Waals surface area contributed by atoms with Gasteiger partial charge in [-0.05, 0) is 37.1 Å². The van der Waals surface area contributed by atoms with E-state index in [0.717, 1.165) is 17.7 Å². The van der Waals surface area contributed by atoms with Crippen molar-refractivity contribution in [2.75, 3.05) is 24.4 Å². The Morgan fingerprint density at radius 3 is 2.80 bits per heavy atom. The van der Waals surface area contributed by atoms with Crippen molar-refractivity contribution < 1.29 is 14.3 Å². The van der Waals surface area contributed by atoms with Crippen molar-refractivity contribution in [3.8, 4) is 17.6 Å². The third kappa shape index (κ3) is 5.41. The largest absolute Gasteiger partial charge is 0.494 e. The first-order valence-corrected chi connectivity index (χ1v) is 6.95. The molecule has 0 aliphatic rings. The lowest BCUT2D eigenvalue weighted by molar-refractivity contribution is 0.176. The standard InChI is InChI=1S/C15H18ClNO3/c1-3-12-11-13(7-8-14(12)19-4-2)17-15(18)20-10-6-5-9-16/h7-8,11H,3-4,9-10H2,1-2H3,(H,17,18). The zero-order valence-corrected chi connectivity index (χ0v) is 12.4. The normalized spacial score (nSPS) is 9.35. The van der Waals surface area contributed by atoms with E-state index in [1.165, 1.54) is 0 Å². The number of rotatable bonds is 5. The molecule has 0 saturated carbocycles. The van der Waals surface area contributed by atoms with Crippen LogP contribution >= 0.6 is 11.6 Å². The van der Waals surface area contributed by atoms with E-state index in [-0.39, 0.29) is 12.5 Å². The summed E-state index contributed by atoms with van der Waals surface area (Å²) in [6.07, 6.45) is 0.279. The predicted molar refractivity (Wildman–Crippen MR) is 80.5 cm³/mol. The Morgan fingerprint density at radius 1 is 1.35 bits per heavy atom. The molecule has 0 heterocycles. The maximum absolute atomic E-state index is 11.5. The molecule has 0 aliphatic carbocycles. The first kappa shape index (κ1) is 16.2. The van der Waals surface area contributed by atoms with Crippen LogP contribution in [-0.2, 0) is 11.2 Å². The number of amides is 1. The van der Waals surface area contributed by atoms with Crippen LogP contribution in [0.1, 0.15) is 19.4 Å². The van der Waals surface area contributed by atoms with Gasteiger partial charge in [0.05, 0.1) is 12.5 Å². The molecule has 0 fully saturated rings. The number of nitrogens with one attached hydrogen (secondary N) is 1. The highest BCUT2D eigenvalue weighted by molar-refractivity contribution is 6.19. The highest BCUT2D eigenvalue weighted by atomic mass is 35.5. The van der Waals surface area contributed by atoms with Crippen molar-refractivity contribution in [1.82, 2.24) is 0 Å². The molecule has 4 nitrogen and oxygen atoms in total. The minimum absolute atomic E-state index is 0.0240. The number of carbonyl (C=O) groups is 1. The molecule has 0 spiro atoms. The summed E-state index contributed by atoms with van der Waals surface area (Å²) in [5.74, 6) is 6.28. The topological polar surface area (TPSA) is 47.6 Å². The van der Waals surface area contributed by atoms with Gasteiger partial charge in [0.15, 0.2) is 6.61 Å². The summed E-state index contributed by atoms with van der Waals surface area (Å²) in [6.45, 7) is 4.60. The average molecular weight is 296 g/mol. The molecular formula is C15H18ClNO3. The molecule has 0 radical (unpaired) electrons. The van der Waals surface area contributed by atoms with Crippen LogP contribution in [0.4, 0.5) is 10.5 Å². The zero-order chi connectivity index (χ0) is 14.8. The fourth-order valence-corrected chi connectivity index (χ4v) is 1.68. The quantitative estimate of drug-likeness (QED) is 0.668. The second-order valence-electron chi connectivity index (χ2n) is 3.80. The summed E-state index contributed by atoms with van der Waals surface area (Å²) < 4.78 is 10.4. The number of aryl methyl sites for hydroxylation is 1. The summed E-state index contributed by atoms with van der Waals surface area (Å²) in [6, 6.07) is 5.48. The van der Waals surface area contributed by atoms with E-state index in [0.29, 0.717) is 12.3 Å². The van der Waals surface area contributed by atoms with E-state index in [1.807, 2.05) is 26.0 Å². The molecule has 1 aromatic rings. The number of alkyl halides is 1. The Morgan fingerprint density at radius 2 is 2.15 bits per heavy atom. The van der Waals surface area contributed by atoms with Crippen molar-refractivity contribution in [3.05, 3.63) is 23.8 Å². The molecule has 5 heteroatoms. The van der Waals surface area contributed by atoms with Gasteiger partial charge in [-0.25, -0.2) is 4.79 Å². The maximum atomic E-state index is 11.5. The number of halogens is 1. The van der Waals surface area contributed by atoms with Crippen LogP contribution in [0, 0.1) is 11.8 Å². The molecule has 0 aliphatic heterocycles. The molecule has 0 aromatic heterocycles. The Bertz CT molecular complexity index is 506. The highest BCUT2D eigenvalue weighted by Gasteiger charge is 2.06. The van der Waals surface area contributed by atoms with E-state index < -0.39 is 6.09 Å². The molecule has 1 aromatic carbocycles. The second kappa shape index (κ2) is 9.11. The van der Waals surface area contributed by atoms with Crippen LogP contribution in [0.25, 0.3) is 0 Å². The van der Waals surface area contributed by atoms with Crippen molar-refractivity contribution in [1.29, 1.82) is 0 Å². The molecule has 0 bridgehead atoms. The molecule has 0 saturated heterocycles. The average Bonchev–Trinajstić information content (AvgIpc) is 2.45. The third-order valence-corrected chi connectivity index (χ3v) is 2.59. The lowest BCUT2D eigenvalue weighted by atomic mass is 10.1. The lowest BCUT2D eigenvalue weighted by Gasteiger charge is -2.11. The SMILES string of the molecule is CCOc1ccc(NC(=O)OCC#CCCl)cc1CC. The fraction of sp³-hybridized carbons (Fsp3) is 0.400. The molecule has 1 N–H and O–H groups in total.